The first-order chi connectivity index (χ1) is 4.48. The van der Waals surface area contributed by atoms with Crippen LogP contribution in [0.3, 0.4) is 0 Å². The minimum absolute atomic E-state index is 0.0439. The first-order valence-electron chi connectivity index (χ1n) is 3.48. The summed E-state index contributed by atoms with van der Waals surface area (Å²) >= 11 is 4.86. The van der Waals surface area contributed by atoms with Gasteiger partial charge in [0.15, 0.2) is 6.49 Å². The summed E-state index contributed by atoms with van der Waals surface area (Å²) in [6.45, 7) is 3.34. The van der Waals surface area contributed by atoms with Gasteiger partial charge in [0, 0.05) is 6.16 Å². The summed E-state index contributed by atoms with van der Waals surface area (Å²) in [6.07, 6.45) is 1.56. The highest BCUT2D eigenvalue weighted by Crippen LogP contribution is 2.43. The van der Waals surface area contributed by atoms with E-state index in [-0.39, 0.29) is 6.10 Å². The molecule has 1 atom stereocenters. The van der Waals surface area contributed by atoms with E-state index in [0.29, 0.717) is 6.16 Å². The van der Waals surface area contributed by atoms with Crippen LogP contribution in [0.1, 0.15) is 27.2 Å². The van der Waals surface area contributed by atoms with E-state index in [1.165, 1.54) is 0 Å². The predicted molar refractivity (Wildman–Crippen MR) is 47.9 cm³/mol. The van der Waals surface area contributed by atoms with Gasteiger partial charge in [0.2, 0.25) is 0 Å². The van der Waals surface area contributed by atoms with Crippen molar-refractivity contribution in [1.82, 2.24) is 0 Å². The van der Waals surface area contributed by atoms with E-state index >= 15 is 0 Å². The van der Waals surface area contributed by atoms with Crippen LogP contribution in [-0.4, -0.2) is 17.2 Å². The SMILES string of the molecule is CCCP(O)(=S)OC(C)C. The summed E-state index contributed by atoms with van der Waals surface area (Å²) in [4.78, 5) is 9.39. The summed E-state index contributed by atoms with van der Waals surface area (Å²) in [7, 11) is 0. The molecule has 0 fully saturated rings. The molecule has 0 rings (SSSR count). The van der Waals surface area contributed by atoms with Gasteiger partial charge in [-0.05, 0) is 32.1 Å². The summed E-state index contributed by atoms with van der Waals surface area (Å²) in [5.41, 5.74) is 0. The van der Waals surface area contributed by atoms with Crippen molar-refractivity contribution < 1.29 is 9.42 Å². The molecule has 0 radical (unpaired) electrons. The van der Waals surface area contributed by atoms with E-state index in [4.69, 9.17) is 16.3 Å². The van der Waals surface area contributed by atoms with Crippen molar-refractivity contribution in [2.45, 2.75) is 33.3 Å². The van der Waals surface area contributed by atoms with Crippen LogP contribution in [0.4, 0.5) is 0 Å². The van der Waals surface area contributed by atoms with E-state index in [1.54, 1.807) is 0 Å². The molecule has 0 saturated heterocycles. The highest BCUT2D eigenvalue weighted by atomic mass is 32.5. The van der Waals surface area contributed by atoms with Gasteiger partial charge in [-0.15, -0.1) is 0 Å². The van der Waals surface area contributed by atoms with E-state index < -0.39 is 6.49 Å². The Kier molecular flexibility index (Phi) is 4.70. The van der Waals surface area contributed by atoms with Gasteiger partial charge in [-0.3, -0.25) is 0 Å². The molecule has 0 spiro atoms. The van der Waals surface area contributed by atoms with Crippen molar-refractivity contribution in [3.8, 4) is 0 Å². The zero-order valence-electron chi connectivity index (χ0n) is 6.70. The Morgan fingerprint density at radius 2 is 2.10 bits per heavy atom. The maximum absolute atomic E-state index is 9.39. The van der Waals surface area contributed by atoms with Gasteiger partial charge in [-0.1, -0.05) is 6.92 Å². The third-order valence-electron chi connectivity index (χ3n) is 0.882. The van der Waals surface area contributed by atoms with Crippen LogP contribution in [0.25, 0.3) is 0 Å². The Morgan fingerprint density at radius 3 is 2.40 bits per heavy atom. The molecule has 1 unspecified atom stereocenters. The molecular weight excluding hydrogens is 167 g/mol. The van der Waals surface area contributed by atoms with Crippen molar-refractivity contribution in [3.05, 3.63) is 0 Å². The zero-order valence-corrected chi connectivity index (χ0v) is 8.41. The van der Waals surface area contributed by atoms with Gasteiger partial charge in [0.1, 0.15) is 0 Å². The second kappa shape index (κ2) is 4.45. The fourth-order valence-corrected chi connectivity index (χ4v) is 3.06. The summed E-state index contributed by atoms with van der Waals surface area (Å²) in [5.74, 6) is 0. The average Bonchev–Trinajstić information content (AvgIpc) is 1.59. The first kappa shape index (κ1) is 10.6. The van der Waals surface area contributed by atoms with Crippen molar-refractivity contribution in [3.63, 3.8) is 0 Å². The molecule has 0 aliphatic carbocycles. The van der Waals surface area contributed by atoms with Gasteiger partial charge in [-0.25, -0.2) is 0 Å². The molecule has 0 aliphatic rings. The molecule has 0 heterocycles. The van der Waals surface area contributed by atoms with Gasteiger partial charge in [0.05, 0.1) is 6.10 Å². The fraction of sp³-hybridized carbons (Fsp3) is 1.00. The van der Waals surface area contributed by atoms with Gasteiger partial charge < -0.3 is 9.42 Å². The van der Waals surface area contributed by atoms with Crippen molar-refractivity contribution in [2.24, 2.45) is 0 Å². The van der Waals surface area contributed by atoms with Crippen LogP contribution < -0.4 is 0 Å². The molecular formula is C6H15O2PS. The van der Waals surface area contributed by atoms with Crippen LogP contribution in [-0.2, 0) is 16.3 Å². The molecule has 10 heavy (non-hydrogen) atoms. The highest BCUT2D eigenvalue weighted by Gasteiger charge is 2.13. The van der Waals surface area contributed by atoms with Gasteiger partial charge in [-0.2, -0.15) is 0 Å². The molecule has 0 aliphatic heterocycles. The number of hydrogen-bond acceptors (Lipinski definition) is 2. The molecule has 0 aromatic heterocycles. The molecule has 4 heteroatoms. The zero-order chi connectivity index (χ0) is 8.20. The third kappa shape index (κ3) is 5.36. The van der Waals surface area contributed by atoms with E-state index in [1.807, 2.05) is 20.8 Å². The molecule has 2 nitrogen and oxygen atoms in total. The van der Waals surface area contributed by atoms with Crippen LogP contribution in [0.2, 0.25) is 0 Å². The molecule has 62 valence electrons. The smallest absolute Gasteiger partial charge is 0.186 e. The number of rotatable bonds is 4. The maximum Gasteiger partial charge on any atom is 0.186 e. The minimum atomic E-state index is -2.42. The van der Waals surface area contributed by atoms with E-state index in [9.17, 15) is 4.89 Å². The van der Waals surface area contributed by atoms with Gasteiger partial charge >= 0.3 is 0 Å². The van der Waals surface area contributed by atoms with Crippen LogP contribution in [0.5, 0.6) is 0 Å². The lowest BCUT2D eigenvalue weighted by molar-refractivity contribution is 0.238. The number of hydrogen-bond donors (Lipinski definition) is 1. The standard InChI is InChI=1S/C6H15O2PS/c1-4-5-9(7,10)8-6(2)3/h6H,4-5H2,1-3H3,(H,7,10). The lowest BCUT2D eigenvalue weighted by Gasteiger charge is -2.17. The molecule has 0 bridgehead atoms. The quantitative estimate of drug-likeness (QED) is 0.675. The van der Waals surface area contributed by atoms with Crippen molar-refractivity contribution in [2.75, 3.05) is 6.16 Å². The monoisotopic (exact) mass is 182 g/mol. The normalized spacial score (nSPS) is 17.3. The predicted octanol–water partition coefficient (Wildman–Crippen LogP) is 2.12. The Hall–Kier alpha value is 0.570. The summed E-state index contributed by atoms with van der Waals surface area (Å²) in [5, 5.41) is 0. The molecule has 1 N–H and O–H groups in total. The Balaban J connectivity index is 3.75. The molecule has 0 amide bonds. The fourth-order valence-electron chi connectivity index (χ4n) is 0.665. The Bertz CT molecular complexity index is 136. The summed E-state index contributed by atoms with van der Waals surface area (Å²) < 4.78 is 5.16. The Labute approximate surface area is 67.8 Å². The second-order valence-corrected chi connectivity index (χ2v) is 6.16. The third-order valence-corrected chi connectivity index (χ3v) is 3.45. The summed E-state index contributed by atoms with van der Waals surface area (Å²) in [6, 6.07) is 0. The van der Waals surface area contributed by atoms with Crippen LogP contribution in [0, 0.1) is 0 Å². The lowest BCUT2D eigenvalue weighted by Crippen LogP contribution is -2.01. The minimum Gasteiger partial charge on any atom is -0.345 e. The largest absolute Gasteiger partial charge is 0.345 e. The highest BCUT2D eigenvalue weighted by molar-refractivity contribution is 8.09. The topological polar surface area (TPSA) is 29.5 Å². The van der Waals surface area contributed by atoms with Crippen LogP contribution >= 0.6 is 6.49 Å². The molecule has 0 aromatic carbocycles. The van der Waals surface area contributed by atoms with E-state index in [0.717, 1.165) is 6.42 Å². The van der Waals surface area contributed by atoms with Crippen molar-refractivity contribution >= 4 is 18.3 Å². The first-order valence-corrected chi connectivity index (χ1v) is 6.34. The Morgan fingerprint density at radius 1 is 1.60 bits per heavy atom. The van der Waals surface area contributed by atoms with Crippen molar-refractivity contribution in [1.29, 1.82) is 0 Å². The van der Waals surface area contributed by atoms with Crippen LogP contribution in [0.15, 0.2) is 0 Å². The molecule has 0 saturated carbocycles. The average molecular weight is 182 g/mol. The lowest BCUT2D eigenvalue weighted by atomic mass is 10.5. The second-order valence-electron chi connectivity index (χ2n) is 2.52. The maximum atomic E-state index is 9.39. The van der Waals surface area contributed by atoms with E-state index in [2.05, 4.69) is 0 Å². The molecule has 0 aromatic rings. The van der Waals surface area contributed by atoms with Gasteiger partial charge in [0.25, 0.3) is 0 Å².